The number of ketones is 1. The molecule has 1 aromatic rings. The molecule has 0 spiro atoms. The number of hydrogen-bond donors (Lipinski definition) is 0. The van der Waals surface area contributed by atoms with Gasteiger partial charge in [-0.15, -0.1) is 0 Å². The maximum absolute atomic E-state index is 11.0. The van der Waals surface area contributed by atoms with Gasteiger partial charge < -0.3 is 9.53 Å². The lowest BCUT2D eigenvalue weighted by molar-refractivity contribution is -0.117. The van der Waals surface area contributed by atoms with Crippen LogP contribution in [-0.4, -0.2) is 12.9 Å². The number of rotatable bonds is 4. The summed E-state index contributed by atoms with van der Waals surface area (Å²) in [6.45, 7) is 3.66. The fourth-order valence-electron chi connectivity index (χ4n) is 1.61. The molecule has 1 rings (SSSR count). The first-order valence-corrected chi connectivity index (χ1v) is 4.77. The molecule has 0 N–H and O–H groups in total. The SMILES string of the molecule is COc1ccccc1C(C)CC(C)=O. The monoisotopic (exact) mass is 192 g/mol. The molecule has 1 atom stereocenters. The fraction of sp³-hybridized carbons (Fsp3) is 0.417. The molecule has 2 nitrogen and oxygen atoms in total. The van der Waals surface area contributed by atoms with Crippen LogP contribution in [0, 0.1) is 0 Å². The lowest BCUT2D eigenvalue weighted by Gasteiger charge is -2.13. The number of methoxy groups -OCH3 is 1. The molecule has 0 aliphatic carbocycles. The van der Waals surface area contributed by atoms with Crippen LogP contribution in [0.1, 0.15) is 31.7 Å². The molecule has 0 saturated heterocycles. The van der Waals surface area contributed by atoms with Crippen molar-refractivity contribution in [1.29, 1.82) is 0 Å². The van der Waals surface area contributed by atoms with Gasteiger partial charge in [0.1, 0.15) is 11.5 Å². The van der Waals surface area contributed by atoms with Crippen LogP contribution in [-0.2, 0) is 4.79 Å². The summed E-state index contributed by atoms with van der Waals surface area (Å²) < 4.78 is 5.24. The molecule has 0 aliphatic rings. The van der Waals surface area contributed by atoms with E-state index >= 15 is 0 Å². The fourth-order valence-corrected chi connectivity index (χ4v) is 1.61. The number of carbonyl (C=O) groups is 1. The number of Topliss-reactive ketones (excluding diaryl/α,β-unsaturated/α-hetero) is 1. The third-order valence-corrected chi connectivity index (χ3v) is 2.26. The summed E-state index contributed by atoms with van der Waals surface area (Å²) >= 11 is 0. The van der Waals surface area contributed by atoms with Gasteiger partial charge in [-0.1, -0.05) is 25.1 Å². The Morgan fingerprint density at radius 1 is 1.43 bits per heavy atom. The van der Waals surface area contributed by atoms with Gasteiger partial charge in [0.2, 0.25) is 0 Å². The van der Waals surface area contributed by atoms with E-state index in [1.165, 1.54) is 0 Å². The highest BCUT2D eigenvalue weighted by molar-refractivity contribution is 5.76. The van der Waals surface area contributed by atoms with Gasteiger partial charge in [-0.05, 0) is 24.5 Å². The van der Waals surface area contributed by atoms with Crippen LogP contribution in [0.2, 0.25) is 0 Å². The predicted molar refractivity (Wildman–Crippen MR) is 56.7 cm³/mol. The van der Waals surface area contributed by atoms with E-state index in [2.05, 4.69) is 0 Å². The smallest absolute Gasteiger partial charge is 0.130 e. The first-order chi connectivity index (χ1) is 6.65. The second kappa shape index (κ2) is 4.80. The molecule has 0 aromatic heterocycles. The van der Waals surface area contributed by atoms with E-state index in [1.54, 1.807) is 14.0 Å². The largest absolute Gasteiger partial charge is 0.496 e. The molecule has 0 bridgehead atoms. The molecule has 0 amide bonds. The maximum atomic E-state index is 11.0. The summed E-state index contributed by atoms with van der Waals surface area (Å²) in [7, 11) is 1.65. The number of ether oxygens (including phenoxy) is 1. The van der Waals surface area contributed by atoms with Crippen LogP contribution in [0.3, 0.4) is 0 Å². The Labute approximate surface area is 84.9 Å². The van der Waals surface area contributed by atoms with Crippen molar-refractivity contribution in [3.8, 4) is 5.75 Å². The van der Waals surface area contributed by atoms with Crippen molar-refractivity contribution in [3.63, 3.8) is 0 Å². The predicted octanol–water partition coefficient (Wildman–Crippen LogP) is 2.78. The zero-order valence-corrected chi connectivity index (χ0v) is 8.91. The van der Waals surface area contributed by atoms with E-state index in [1.807, 2.05) is 31.2 Å². The van der Waals surface area contributed by atoms with Gasteiger partial charge >= 0.3 is 0 Å². The average molecular weight is 192 g/mol. The average Bonchev–Trinajstić information content (AvgIpc) is 2.16. The zero-order valence-electron chi connectivity index (χ0n) is 8.91. The molecule has 0 heterocycles. The van der Waals surface area contributed by atoms with Crippen molar-refractivity contribution in [2.45, 2.75) is 26.2 Å². The highest BCUT2D eigenvalue weighted by Gasteiger charge is 2.12. The van der Waals surface area contributed by atoms with Gasteiger partial charge in [-0.25, -0.2) is 0 Å². The number of para-hydroxylation sites is 1. The third kappa shape index (κ3) is 2.59. The minimum absolute atomic E-state index is 0.211. The van der Waals surface area contributed by atoms with Crippen molar-refractivity contribution in [2.24, 2.45) is 0 Å². The summed E-state index contributed by atoms with van der Waals surface area (Å²) in [4.78, 5) is 11.0. The Morgan fingerprint density at radius 3 is 2.64 bits per heavy atom. The molecule has 0 saturated carbocycles. The highest BCUT2D eigenvalue weighted by atomic mass is 16.5. The quantitative estimate of drug-likeness (QED) is 0.733. The molecular weight excluding hydrogens is 176 g/mol. The van der Waals surface area contributed by atoms with Crippen LogP contribution in [0.25, 0.3) is 0 Å². The van der Waals surface area contributed by atoms with E-state index in [4.69, 9.17) is 4.74 Å². The Balaban J connectivity index is 2.87. The van der Waals surface area contributed by atoms with E-state index in [-0.39, 0.29) is 11.7 Å². The molecule has 14 heavy (non-hydrogen) atoms. The summed E-state index contributed by atoms with van der Waals surface area (Å²) in [5.41, 5.74) is 1.10. The van der Waals surface area contributed by atoms with Crippen LogP contribution >= 0.6 is 0 Å². The topological polar surface area (TPSA) is 26.3 Å². The summed E-state index contributed by atoms with van der Waals surface area (Å²) in [6, 6.07) is 7.83. The summed E-state index contributed by atoms with van der Waals surface area (Å²) in [5.74, 6) is 1.30. The Morgan fingerprint density at radius 2 is 2.07 bits per heavy atom. The second-order valence-corrected chi connectivity index (χ2v) is 3.55. The van der Waals surface area contributed by atoms with Gasteiger partial charge in [0.15, 0.2) is 0 Å². The molecule has 1 unspecified atom stereocenters. The Bertz CT molecular complexity index is 318. The first-order valence-electron chi connectivity index (χ1n) is 4.77. The Kier molecular flexibility index (Phi) is 3.69. The number of carbonyl (C=O) groups excluding carboxylic acids is 1. The molecular formula is C12H16O2. The van der Waals surface area contributed by atoms with Crippen LogP contribution < -0.4 is 4.74 Å². The molecule has 76 valence electrons. The normalized spacial score (nSPS) is 12.2. The molecule has 0 radical (unpaired) electrons. The van der Waals surface area contributed by atoms with Gasteiger partial charge in [-0.2, -0.15) is 0 Å². The summed E-state index contributed by atoms with van der Waals surface area (Å²) in [5, 5.41) is 0. The standard InChI is InChI=1S/C12H16O2/c1-9(8-10(2)13)11-6-4-5-7-12(11)14-3/h4-7,9H,8H2,1-3H3. The van der Waals surface area contributed by atoms with Crippen LogP contribution in [0.15, 0.2) is 24.3 Å². The molecule has 0 aliphatic heterocycles. The second-order valence-electron chi connectivity index (χ2n) is 3.55. The van der Waals surface area contributed by atoms with Crippen molar-refractivity contribution in [3.05, 3.63) is 29.8 Å². The van der Waals surface area contributed by atoms with Crippen LogP contribution in [0.4, 0.5) is 0 Å². The Hall–Kier alpha value is -1.31. The van der Waals surface area contributed by atoms with Crippen molar-refractivity contribution >= 4 is 5.78 Å². The van der Waals surface area contributed by atoms with Crippen molar-refractivity contribution in [2.75, 3.05) is 7.11 Å². The van der Waals surface area contributed by atoms with E-state index in [0.717, 1.165) is 11.3 Å². The molecule has 1 aromatic carbocycles. The van der Waals surface area contributed by atoms with E-state index in [0.29, 0.717) is 6.42 Å². The third-order valence-electron chi connectivity index (χ3n) is 2.26. The van der Waals surface area contributed by atoms with Gasteiger partial charge in [0, 0.05) is 6.42 Å². The number of benzene rings is 1. The van der Waals surface area contributed by atoms with Crippen LogP contribution in [0.5, 0.6) is 5.75 Å². The minimum atomic E-state index is 0.211. The van der Waals surface area contributed by atoms with E-state index in [9.17, 15) is 4.79 Å². The van der Waals surface area contributed by atoms with Crippen molar-refractivity contribution < 1.29 is 9.53 Å². The van der Waals surface area contributed by atoms with Gasteiger partial charge in [-0.3, -0.25) is 0 Å². The minimum Gasteiger partial charge on any atom is -0.496 e. The van der Waals surface area contributed by atoms with E-state index < -0.39 is 0 Å². The highest BCUT2D eigenvalue weighted by Crippen LogP contribution is 2.28. The van der Waals surface area contributed by atoms with Gasteiger partial charge in [0.25, 0.3) is 0 Å². The maximum Gasteiger partial charge on any atom is 0.130 e. The number of hydrogen-bond acceptors (Lipinski definition) is 2. The first kappa shape index (κ1) is 10.8. The molecule has 2 heteroatoms. The zero-order chi connectivity index (χ0) is 10.6. The van der Waals surface area contributed by atoms with Crippen molar-refractivity contribution in [1.82, 2.24) is 0 Å². The lowest BCUT2D eigenvalue weighted by Crippen LogP contribution is -2.02. The molecule has 0 fully saturated rings. The summed E-state index contributed by atoms with van der Waals surface area (Å²) in [6.07, 6.45) is 0.570. The lowest BCUT2D eigenvalue weighted by atomic mass is 9.95. The van der Waals surface area contributed by atoms with Gasteiger partial charge in [0.05, 0.1) is 7.11 Å².